The summed E-state index contributed by atoms with van der Waals surface area (Å²) < 4.78 is 17.0. The molecule has 5 heteroatoms. The van der Waals surface area contributed by atoms with Crippen LogP contribution in [0.4, 0.5) is 0 Å². The van der Waals surface area contributed by atoms with Crippen LogP contribution in [-0.4, -0.2) is 38.6 Å². The molecule has 0 rings (SSSR count). The minimum Gasteiger partial charge on any atom is -0.355 e. The van der Waals surface area contributed by atoms with Crippen molar-refractivity contribution in [3.63, 3.8) is 0 Å². The molecule has 0 aliphatic rings. The van der Waals surface area contributed by atoms with E-state index in [-0.39, 0.29) is 0 Å². The molecule has 0 aliphatic heterocycles. The number of ether oxygens (including phenoxy) is 3. The van der Waals surface area contributed by atoms with Gasteiger partial charge < -0.3 is 14.2 Å². The van der Waals surface area contributed by atoms with Crippen LogP contribution < -0.4 is 0 Å². The fourth-order valence-corrected chi connectivity index (χ4v) is 6.11. The summed E-state index contributed by atoms with van der Waals surface area (Å²) in [6, 6.07) is 0. The van der Waals surface area contributed by atoms with Crippen molar-refractivity contribution >= 4 is 23.2 Å². The molecule has 0 fully saturated rings. The first-order valence-corrected chi connectivity index (χ1v) is 20.5. The lowest BCUT2D eigenvalue weighted by Gasteiger charge is -2.12. The van der Waals surface area contributed by atoms with Crippen molar-refractivity contribution in [1.82, 2.24) is 0 Å². The van der Waals surface area contributed by atoms with E-state index in [1.54, 1.807) is 0 Å². The van der Waals surface area contributed by atoms with Gasteiger partial charge in [-0.1, -0.05) is 141 Å². The van der Waals surface area contributed by atoms with Crippen LogP contribution in [0, 0.1) is 11.8 Å². The predicted octanol–water partition coefficient (Wildman–Crippen LogP) is 14.0. The molecule has 0 aromatic carbocycles. The summed E-state index contributed by atoms with van der Waals surface area (Å²) in [5.41, 5.74) is 0. The monoisotopic (exact) mass is 675 g/mol. The Labute approximate surface area is 292 Å². The van der Waals surface area contributed by atoms with E-state index in [1.807, 2.05) is 0 Å². The van der Waals surface area contributed by atoms with E-state index in [2.05, 4.69) is 38.2 Å². The lowest BCUT2D eigenvalue weighted by atomic mass is 10.0. The van der Waals surface area contributed by atoms with Gasteiger partial charge in [-0.15, -0.1) is 23.2 Å². The van der Waals surface area contributed by atoms with Crippen molar-refractivity contribution in [3.8, 4) is 0 Å². The molecule has 0 N–H and O–H groups in total. The summed E-state index contributed by atoms with van der Waals surface area (Å²) in [7, 11) is 0. The van der Waals surface area contributed by atoms with Gasteiger partial charge in [0.2, 0.25) is 0 Å². The van der Waals surface area contributed by atoms with Crippen LogP contribution in [0.5, 0.6) is 0 Å². The predicted molar refractivity (Wildman–Crippen MR) is 201 cm³/mol. The third-order valence-corrected chi connectivity index (χ3v) is 9.51. The van der Waals surface area contributed by atoms with Crippen LogP contribution in [0.1, 0.15) is 181 Å². The van der Waals surface area contributed by atoms with E-state index < -0.39 is 0 Å². The molecule has 0 aromatic rings. The standard InChI is InChI=1S/C40H76Cl2O3/c1-3-39(29-25-21-17-13-9-5-7-11-15-19-23-27-33-41)31-35-43-37-45-38-44-36-32-40(4-2)30-26-22-18-14-10-6-8-12-16-20-24-28-34-42/h25-26,29-30,39-40H,3-24,27-28,31-38H2,1-2H3. The number of allylic oxidation sites excluding steroid dienone is 4. The van der Waals surface area contributed by atoms with Gasteiger partial charge in [0.25, 0.3) is 0 Å². The van der Waals surface area contributed by atoms with Gasteiger partial charge in [0, 0.05) is 25.0 Å². The van der Waals surface area contributed by atoms with Crippen molar-refractivity contribution in [2.24, 2.45) is 11.8 Å². The highest BCUT2D eigenvalue weighted by molar-refractivity contribution is 6.18. The molecule has 0 saturated heterocycles. The molecule has 45 heavy (non-hydrogen) atoms. The van der Waals surface area contributed by atoms with Gasteiger partial charge in [0.05, 0.1) is 0 Å². The number of alkyl halides is 2. The Morgan fingerprint density at radius 1 is 0.422 bits per heavy atom. The van der Waals surface area contributed by atoms with Gasteiger partial charge in [0.1, 0.15) is 13.6 Å². The number of rotatable bonds is 38. The highest BCUT2D eigenvalue weighted by atomic mass is 35.5. The van der Waals surface area contributed by atoms with Crippen LogP contribution in [0.2, 0.25) is 0 Å². The molecule has 0 heterocycles. The maximum Gasteiger partial charge on any atom is 0.149 e. The number of hydrogen-bond acceptors (Lipinski definition) is 3. The van der Waals surface area contributed by atoms with E-state index in [0.717, 1.165) is 50.7 Å². The first-order chi connectivity index (χ1) is 22.3. The molecule has 0 bridgehead atoms. The smallest absolute Gasteiger partial charge is 0.149 e. The van der Waals surface area contributed by atoms with Crippen LogP contribution in [0.25, 0.3) is 0 Å². The quantitative estimate of drug-likeness (QED) is 0.0282. The SMILES string of the molecule is CCC(C=CCCCCCCCCCCCCCl)CCOCOCOCCC(C=CCCCCCCCCCCCCCl)CC. The Hall–Kier alpha value is -0.0600. The number of hydrogen-bond donors (Lipinski definition) is 0. The minimum atomic E-state index is 0.319. The summed E-state index contributed by atoms with van der Waals surface area (Å²) in [6.07, 6.45) is 43.5. The summed E-state index contributed by atoms with van der Waals surface area (Å²) in [5.74, 6) is 2.85. The van der Waals surface area contributed by atoms with Crippen LogP contribution in [0.15, 0.2) is 24.3 Å². The van der Waals surface area contributed by atoms with Crippen LogP contribution >= 0.6 is 23.2 Å². The first-order valence-electron chi connectivity index (χ1n) is 19.5. The van der Waals surface area contributed by atoms with E-state index in [0.29, 0.717) is 25.4 Å². The molecule has 268 valence electrons. The Bertz CT molecular complexity index is 548. The largest absolute Gasteiger partial charge is 0.355 e. The number of halogens is 2. The summed E-state index contributed by atoms with van der Waals surface area (Å²) in [5, 5.41) is 0. The fraction of sp³-hybridized carbons (Fsp3) is 0.900. The Morgan fingerprint density at radius 3 is 1.04 bits per heavy atom. The van der Waals surface area contributed by atoms with E-state index in [1.165, 1.54) is 141 Å². The van der Waals surface area contributed by atoms with E-state index >= 15 is 0 Å². The van der Waals surface area contributed by atoms with Crippen LogP contribution in [-0.2, 0) is 14.2 Å². The van der Waals surface area contributed by atoms with Gasteiger partial charge in [-0.3, -0.25) is 0 Å². The zero-order valence-electron chi connectivity index (χ0n) is 30.1. The first kappa shape index (κ1) is 44.9. The lowest BCUT2D eigenvalue weighted by molar-refractivity contribution is -0.132. The summed E-state index contributed by atoms with van der Waals surface area (Å²) in [6.45, 7) is 6.66. The van der Waals surface area contributed by atoms with Crippen molar-refractivity contribution in [2.75, 3.05) is 38.6 Å². The van der Waals surface area contributed by atoms with Gasteiger partial charge in [-0.05, 0) is 76.0 Å². The van der Waals surface area contributed by atoms with E-state index in [9.17, 15) is 0 Å². The lowest BCUT2D eigenvalue weighted by Crippen LogP contribution is -2.09. The highest BCUT2D eigenvalue weighted by Crippen LogP contribution is 2.16. The fourth-order valence-electron chi connectivity index (χ4n) is 5.73. The summed E-state index contributed by atoms with van der Waals surface area (Å²) in [4.78, 5) is 0. The van der Waals surface area contributed by atoms with Gasteiger partial charge in [-0.25, -0.2) is 0 Å². The molecule has 0 radical (unpaired) electrons. The van der Waals surface area contributed by atoms with Gasteiger partial charge in [0.15, 0.2) is 0 Å². The zero-order chi connectivity index (χ0) is 32.7. The molecular weight excluding hydrogens is 599 g/mol. The van der Waals surface area contributed by atoms with Crippen molar-refractivity contribution in [1.29, 1.82) is 0 Å². The van der Waals surface area contributed by atoms with Crippen molar-refractivity contribution < 1.29 is 14.2 Å². The Morgan fingerprint density at radius 2 is 0.733 bits per heavy atom. The second-order valence-electron chi connectivity index (χ2n) is 13.1. The molecular formula is C40H76Cl2O3. The summed E-state index contributed by atoms with van der Waals surface area (Å²) >= 11 is 11.5. The molecule has 0 spiro atoms. The zero-order valence-corrected chi connectivity index (χ0v) is 31.6. The maximum absolute atomic E-state index is 5.73. The average molecular weight is 676 g/mol. The van der Waals surface area contributed by atoms with Crippen molar-refractivity contribution in [3.05, 3.63) is 24.3 Å². The Balaban J connectivity index is 3.53. The molecule has 0 amide bonds. The van der Waals surface area contributed by atoms with Gasteiger partial charge >= 0.3 is 0 Å². The van der Waals surface area contributed by atoms with Gasteiger partial charge in [-0.2, -0.15) is 0 Å². The molecule has 0 aliphatic carbocycles. The minimum absolute atomic E-state index is 0.319. The number of unbranched alkanes of at least 4 members (excludes halogenated alkanes) is 20. The van der Waals surface area contributed by atoms with E-state index in [4.69, 9.17) is 37.4 Å². The third kappa shape index (κ3) is 36.6. The molecule has 0 aromatic heterocycles. The Kier molecular flexibility index (Phi) is 40.1. The second-order valence-corrected chi connectivity index (χ2v) is 13.8. The average Bonchev–Trinajstić information content (AvgIpc) is 3.06. The maximum atomic E-state index is 5.73. The highest BCUT2D eigenvalue weighted by Gasteiger charge is 2.03. The molecule has 2 atom stereocenters. The second kappa shape index (κ2) is 40.1. The van der Waals surface area contributed by atoms with Crippen molar-refractivity contribution in [2.45, 2.75) is 181 Å². The third-order valence-electron chi connectivity index (χ3n) is 8.97. The topological polar surface area (TPSA) is 27.7 Å². The molecule has 0 saturated carbocycles. The molecule has 2 unspecified atom stereocenters. The van der Waals surface area contributed by atoms with Crippen LogP contribution in [0.3, 0.4) is 0 Å². The normalized spacial score (nSPS) is 13.4. The molecule has 3 nitrogen and oxygen atoms in total.